The molecule has 0 spiro atoms. The predicted octanol–water partition coefficient (Wildman–Crippen LogP) is 2.90. The van der Waals surface area contributed by atoms with E-state index >= 15 is 0 Å². The summed E-state index contributed by atoms with van der Waals surface area (Å²) in [6.45, 7) is 3.78. The van der Waals surface area contributed by atoms with E-state index < -0.39 is 10.0 Å². The van der Waals surface area contributed by atoms with Crippen molar-refractivity contribution in [2.24, 2.45) is 17.2 Å². The number of aliphatic imine (C=N–C) groups is 1. The van der Waals surface area contributed by atoms with Crippen LogP contribution in [-0.4, -0.2) is 32.0 Å². The van der Waals surface area contributed by atoms with Gasteiger partial charge in [0, 0.05) is 25.8 Å². The van der Waals surface area contributed by atoms with Crippen LogP contribution in [0.2, 0.25) is 10.2 Å². The Morgan fingerprint density at radius 2 is 1.86 bits per heavy atom. The Bertz CT molecular complexity index is 914. The lowest BCUT2D eigenvalue weighted by molar-refractivity contribution is 0.598. The number of nitrogens with zero attached hydrogens (tertiary/aromatic N) is 2. The number of rotatable bonds is 7. The zero-order valence-electron chi connectivity index (χ0n) is 15.6. The van der Waals surface area contributed by atoms with E-state index in [2.05, 4.69) is 15.6 Å². The first-order valence-electron chi connectivity index (χ1n) is 8.36. The summed E-state index contributed by atoms with van der Waals surface area (Å²) in [5, 5.41) is 12.5. The molecular formula is C17H24Cl2IN5O2S. The average Bonchev–Trinajstić information content (AvgIpc) is 2.86. The van der Waals surface area contributed by atoms with Gasteiger partial charge in [-0.3, -0.25) is 0 Å². The fourth-order valence-electron chi connectivity index (χ4n) is 2.41. The number of hydrogen-bond acceptors (Lipinski definition) is 3. The summed E-state index contributed by atoms with van der Waals surface area (Å²) in [5.41, 5.74) is 1.90. The fraction of sp³-hybridized carbons (Fsp3) is 0.353. The molecule has 0 atom stereocenters. The van der Waals surface area contributed by atoms with Crippen molar-refractivity contribution in [2.45, 2.75) is 24.8 Å². The molecule has 11 heteroatoms. The smallest absolute Gasteiger partial charge is 0.238 e. The largest absolute Gasteiger partial charge is 0.357 e. The zero-order valence-corrected chi connectivity index (χ0v) is 20.2. The molecule has 4 N–H and O–H groups in total. The van der Waals surface area contributed by atoms with Gasteiger partial charge in [-0.2, -0.15) is 0 Å². The second-order valence-corrected chi connectivity index (χ2v) is 8.22. The van der Waals surface area contributed by atoms with E-state index in [9.17, 15) is 8.42 Å². The molecule has 28 heavy (non-hydrogen) atoms. The number of aromatic nitrogens is 1. The van der Waals surface area contributed by atoms with Gasteiger partial charge in [-0.25, -0.2) is 18.5 Å². The second kappa shape index (κ2) is 11.2. The number of halogens is 3. The summed E-state index contributed by atoms with van der Waals surface area (Å²) in [6.07, 6.45) is 0.705. The van der Waals surface area contributed by atoms with Gasteiger partial charge in [-0.15, -0.1) is 24.0 Å². The highest BCUT2D eigenvalue weighted by Gasteiger charge is 2.09. The van der Waals surface area contributed by atoms with Gasteiger partial charge in [0.05, 0.1) is 16.5 Å². The lowest BCUT2D eigenvalue weighted by Gasteiger charge is -2.12. The lowest BCUT2D eigenvalue weighted by atomic mass is 10.1. The number of nitrogens with one attached hydrogen (secondary N) is 2. The van der Waals surface area contributed by atoms with Crippen molar-refractivity contribution in [3.8, 4) is 0 Å². The van der Waals surface area contributed by atoms with E-state index in [0.717, 1.165) is 17.8 Å². The lowest BCUT2D eigenvalue weighted by Crippen LogP contribution is -2.38. The Morgan fingerprint density at radius 3 is 2.36 bits per heavy atom. The second-order valence-electron chi connectivity index (χ2n) is 5.89. The number of sulfonamides is 1. The molecule has 0 saturated carbocycles. The summed E-state index contributed by atoms with van der Waals surface area (Å²) in [4.78, 5) is 4.64. The molecule has 0 bridgehead atoms. The minimum absolute atomic E-state index is 0. The monoisotopic (exact) mass is 559 g/mol. The highest BCUT2D eigenvalue weighted by Crippen LogP contribution is 2.25. The third-order valence-electron chi connectivity index (χ3n) is 3.92. The summed E-state index contributed by atoms with van der Waals surface area (Å²) >= 11 is 12.1. The maximum Gasteiger partial charge on any atom is 0.238 e. The van der Waals surface area contributed by atoms with Crippen LogP contribution in [0.15, 0.2) is 40.2 Å². The molecule has 0 unspecified atom stereocenters. The molecule has 1 aromatic heterocycles. The zero-order chi connectivity index (χ0) is 20.0. The van der Waals surface area contributed by atoms with Crippen LogP contribution in [0.5, 0.6) is 0 Å². The van der Waals surface area contributed by atoms with E-state index in [1.54, 1.807) is 22.8 Å². The van der Waals surface area contributed by atoms with Crippen molar-refractivity contribution in [1.29, 1.82) is 0 Å². The fourth-order valence-corrected chi connectivity index (χ4v) is 3.34. The molecule has 0 radical (unpaired) electrons. The normalized spacial score (nSPS) is 11.8. The SMILES string of the molecule is CCNC(=NCc1cc(Cl)c(Cl)n1C)NCCc1ccc(S(N)(=O)=O)cc1.I. The third-order valence-corrected chi connectivity index (χ3v) is 5.69. The third kappa shape index (κ3) is 7.11. The Morgan fingerprint density at radius 1 is 1.21 bits per heavy atom. The maximum atomic E-state index is 11.3. The first-order valence-corrected chi connectivity index (χ1v) is 10.7. The molecule has 7 nitrogen and oxygen atoms in total. The predicted molar refractivity (Wildman–Crippen MR) is 125 cm³/mol. The molecule has 0 amide bonds. The van der Waals surface area contributed by atoms with E-state index in [1.807, 2.05) is 14.0 Å². The van der Waals surface area contributed by atoms with Crippen molar-refractivity contribution in [2.75, 3.05) is 13.1 Å². The molecule has 0 saturated heterocycles. The minimum Gasteiger partial charge on any atom is -0.357 e. The van der Waals surface area contributed by atoms with E-state index in [-0.39, 0.29) is 28.9 Å². The molecule has 1 heterocycles. The Kier molecular flexibility index (Phi) is 10.1. The van der Waals surface area contributed by atoms with Gasteiger partial charge >= 0.3 is 0 Å². The quantitative estimate of drug-likeness (QED) is 0.276. The Balaban J connectivity index is 0.00000392. The van der Waals surface area contributed by atoms with E-state index in [0.29, 0.717) is 35.6 Å². The van der Waals surface area contributed by atoms with Crippen LogP contribution in [0, 0.1) is 0 Å². The molecule has 0 aliphatic heterocycles. The summed E-state index contributed by atoms with van der Waals surface area (Å²) in [5.74, 6) is 0.673. The Hall–Kier alpha value is -1.01. The molecule has 1 aromatic carbocycles. The summed E-state index contributed by atoms with van der Waals surface area (Å²) in [6, 6.07) is 8.31. The van der Waals surface area contributed by atoms with Gasteiger partial charge < -0.3 is 15.2 Å². The first kappa shape index (κ1) is 25.0. The number of guanidine groups is 1. The van der Waals surface area contributed by atoms with Crippen molar-refractivity contribution < 1.29 is 8.42 Å². The van der Waals surface area contributed by atoms with Crippen LogP contribution in [-0.2, 0) is 30.0 Å². The van der Waals surface area contributed by atoms with Crippen LogP contribution in [0.1, 0.15) is 18.2 Å². The van der Waals surface area contributed by atoms with Gasteiger partial charge in [-0.1, -0.05) is 35.3 Å². The van der Waals surface area contributed by atoms with Crippen molar-refractivity contribution in [3.05, 3.63) is 51.8 Å². The Labute approximate surface area is 192 Å². The summed E-state index contributed by atoms with van der Waals surface area (Å²) in [7, 11) is -1.83. The van der Waals surface area contributed by atoms with Crippen molar-refractivity contribution in [1.82, 2.24) is 15.2 Å². The number of primary sulfonamides is 1. The van der Waals surface area contributed by atoms with Gasteiger partial charge in [-0.05, 0) is 37.1 Å². The van der Waals surface area contributed by atoms with Gasteiger partial charge in [0.15, 0.2) is 5.96 Å². The molecule has 0 aliphatic rings. The van der Waals surface area contributed by atoms with Crippen LogP contribution in [0.4, 0.5) is 0 Å². The van der Waals surface area contributed by atoms with Crippen molar-refractivity contribution >= 4 is 63.2 Å². The first-order chi connectivity index (χ1) is 12.7. The number of nitrogens with two attached hydrogens (primary N) is 1. The summed E-state index contributed by atoms with van der Waals surface area (Å²) < 4.78 is 24.4. The average molecular weight is 560 g/mol. The molecule has 0 fully saturated rings. The molecule has 156 valence electrons. The van der Waals surface area contributed by atoms with Crippen molar-refractivity contribution in [3.63, 3.8) is 0 Å². The molecular weight excluding hydrogens is 536 g/mol. The highest BCUT2D eigenvalue weighted by atomic mass is 127. The van der Waals surface area contributed by atoms with E-state index in [1.165, 1.54) is 12.1 Å². The molecule has 2 rings (SSSR count). The van der Waals surface area contributed by atoms with Gasteiger partial charge in [0.1, 0.15) is 5.15 Å². The van der Waals surface area contributed by atoms with Crippen LogP contribution < -0.4 is 15.8 Å². The standard InChI is InChI=1S/C17H23Cl2N5O2S.HI/c1-3-21-17(23-11-13-10-15(18)16(19)24(13)2)22-9-8-12-4-6-14(7-5-12)27(20,25)26;/h4-7,10H,3,8-9,11H2,1-2H3,(H2,20,25,26)(H2,21,22,23);1H. The van der Waals surface area contributed by atoms with Crippen LogP contribution >= 0.6 is 47.2 Å². The van der Waals surface area contributed by atoms with E-state index in [4.69, 9.17) is 28.3 Å². The maximum absolute atomic E-state index is 11.3. The number of benzene rings is 1. The molecule has 2 aromatic rings. The minimum atomic E-state index is -3.67. The van der Waals surface area contributed by atoms with Gasteiger partial charge in [0.25, 0.3) is 0 Å². The highest BCUT2D eigenvalue weighted by molar-refractivity contribution is 14.0. The molecule has 0 aliphatic carbocycles. The number of hydrogen-bond donors (Lipinski definition) is 3. The van der Waals surface area contributed by atoms with Crippen LogP contribution in [0.25, 0.3) is 0 Å². The van der Waals surface area contributed by atoms with Crippen LogP contribution in [0.3, 0.4) is 0 Å². The topological polar surface area (TPSA) is 102 Å². The van der Waals surface area contributed by atoms with Gasteiger partial charge in [0.2, 0.25) is 10.0 Å².